The second kappa shape index (κ2) is 6.27. The topological polar surface area (TPSA) is 119 Å². The summed E-state index contributed by atoms with van der Waals surface area (Å²) in [5, 5.41) is 15.3. The van der Waals surface area contributed by atoms with Gasteiger partial charge >= 0.3 is 5.97 Å². The first-order chi connectivity index (χ1) is 13.5. The Morgan fingerprint density at radius 2 is 1.90 bits per heavy atom. The van der Waals surface area contributed by atoms with E-state index in [4.69, 9.17) is 0 Å². The number of β-lactam (4-membered cyclic amide) rings is 1. The Hall–Kier alpha value is -2.46. The number of carboxylic acid groups (broad SMARTS) is 1. The van der Waals surface area contributed by atoms with Crippen LogP contribution >= 0.6 is 11.8 Å². The summed E-state index contributed by atoms with van der Waals surface area (Å²) in [7, 11) is 0. The number of benzene rings is 1. The molecule has 3 aliphatic heterocycles. The average Bonchev–Trinajstić information content (AvgIpc) is 3.04. The van der Waals surface area contributed by atoms with E-state index in [9.17, 15) is 24.4 Å². The molecule has 0 aliphatic carbocycles. The van der Waals surface area contributed by atoms with E-state index in [1.54, 1.807) is 38.1 Å². The molecule has 0 bridgehead atoms. The van der Waals surface area contributed by atoms with Crippen molar-refractivity contribution in [3.63, 3.8) is 0 Å². The largest absolute Gasteiger partial charge is 0.480 e. The van der Waals surface area contributed by atoms with Gasteiger partial charge < -0.3 is 14.9 Å². The third-order valence-corrected chi connectivity index (χ3v) is 7.38. The molecule has 0 aromatic heterocycles. The van der Waals surface area contributed by atoms with Crippen molar-refractivity contribution in [3.05, 3.63) is 34.7 Å². The van der Waals surface area contributed by atoms with Crippen LogP contribution in [0.15, 0.2) is 29.4 Å². The Balaban J connectivity index is 1.66. The van der Waals surface area contributed by atoms with Gasteiger partial charge in [-0.15, -0.1) is 16.7 Å². The number of rotatable bonds is 4. The number of carboxylic acids is 1. The number of hydrogen-bond donors (Lipinski definition) is 2. The summed E-state index contributed by atoms with van der Waals surface area (Å²) in [5.74, 6) is -1.68. The Bertz CT molecular complexity index is 933. The van der Waals surface area contributed by atoms with Crippen molar-refractivity contribution in [2.75, 3.05) is 0 Å². The Kier molecular flexibility index (Phi) is 4.29. The fraction of sp³-hybridized carbons (Fsp3) is 0.526. The molecule has 10 heteroatoms. The van der Waals surface area contributed by atoms with E-state index in [1.807, 2.05) is 13.8 Å². The number of amides is 2. The van der Waals surface area contributed by atoms with Crippen LogP contribution in [-0.4, -0.2) is 60.6 Å². The van der Waals surface area contributed by atoms with Gasteiger partial charge in [-0.05, 0) is 50.6 Å². The SMILES string of the molecule is CC1(C)S[C@@H]2[C@H](N3C(=O)[C@@H](c4cccc(N=O)c4)NC3(C)C)C(=O)N2C1C(=O)O. The second-order valence-corrected chi connectivity index (χ2v) is 10.3. The molecule has 1 unspecified atom stereocenters. The van der Waals surface area contributed by atoms with Crippen LogP contribution in [0, 0.1) is 4.91 Å². The zero-order valence-corrected chi connectivity index (χ0v) is 17.3. The van der Waals surface area contributed by atoms with Gasteiger partial charge in [0.25, 0.3) is 0 Å². The van der Waals surface area contributed by atoms with E-state index in [0.717, 1.165) is 0 Å². The summed E-state index contributed by atoms with van der Waals surface area (Å²) < 4.78 is -0.662. The molecule has 4 rings (SSSR count). The van der Waals surface area contributed by atoms with Gasteiger partial charge in [0.05, 0.1) is 5.66 Å². The maximum atomic E-state index is 13.3. The van der Waals surface area contributed by atoms with Crippen molar-refractivity contribution >= 4 is 35.2 Å². The zero-order chi connectivity index (χ0) is 21.3. The van der Waals surface area contributed by atoms with Crippen LogP contribution in [0.25, 0.3) is 0 Å². The van der Waals surface area contributed by atoms with E-state index >= 15 is 0 Å². The number of nitrogens with one attached hydrogen (secondary N) is 1. The summed E-state index contributed by atoms with van der Waals surface area (Å²) in [5.41, 5.74) is -0.0177. The van der Waals surface area contributed by atoms with Gasteiger partial charge in [-0.1, -0.05) is 12.1 Å². The quantitative estimate of drug-likeness (QED) is 0.565. The van der Waals surface area contributed by atoms with Crippen LogP contribution in [0.3, 0.4) is 0 Å². The number of fused-ring (bicyclic) bond motifs is 1. The average molecular weight is 418 g/mol. The highest BCUT2D eigenvalue weighted by Crippen LogP contribution is 2.53. The monoisotopic (exact) mass is 418 g/mol. The molecule has 1 aromatic carbocycles. The number of thioether (sulfide) groups is 1. The van der Waals surface area contributed by atoms with Crippen molar-refractivity contribution in [1.29, 1.82) is 0 Å². The van der Waals surface area contributed by atoms with E-state index in [-0.39, 0.29) is 17.5 Å². The van der Waals surface area contributed by atoms with Crippen LogP contribution in [0.1, 0.15) is 39.3 Å². The molecule has 2 amide bonds. The van der Waals surface area contributed by atoms with Crippen molar-refractivity contribution in [1.82, 2.24) is 15.1 Å². The van der Waals surface area contributed by atoms with Gasteiger partial charge in [0.1, 0.15) is 29.2 Å². The number of aliphatic carboxylic acids is 1. The standard InChI is InChI=1S/C19H22N4O5S/c1-18(2)13(17(26)27)22-15(25)12(16(22)29-18)23-14(24)11(20-19(23,3)4)9-6-5-7-10(8-9)21-28/h5-8,11-13,16,20H,1-4H3,(H,26,27)/t11-,12-,13?,16-/m1/s1. The molecule has 2 N–H and O–H groups in total. The van der Waals surface area contributed by atoms with Crippen LogP contribution in [0.4, 0.5) is 5.69 Å². The lowest BCUT2D eigenvalue weighted by atomic mass is 9.94. The number of carbonyl (C=O) groups is 3. The fourth-order valence-electron chi connectivity index (χ4n) is 4.60. The number of carbonyl (C=O) groups excluding carboxylic acids is 2. The Labute approximate surface area is 171 Å². The fourth-order valence-corrected chi connectivity index (χ4v) is 6.27. The maximum Gasteiger partial charge on any atom is 0.327 e. The molecular weight excluding hydrogens is 396 g/mol. The minimum atomic E-state index is -1.04. The normalized spacial score (nSPS) is 32.1. The summed E-state index contributed by atoms with van der Waals surface area (Å²) in [6, 6.07) is 4.09. The van der Waals surface area contributed by atoms with Gasteiger partial charge in [-0.2, -0.15) is 0 Å². The van der Waals surface area contributed by atoms with Crippen molar-refractivity contribution in [3.8, 4) is 0 Å². The number of nitrogens with zero attached hydrogens (tertiary/aromatic N) is 3. The number of nitroso groups, excluding NO2 is 1. The lowest BCUT2D eigenvalue weighted by molar-refractivity contribution is -0.170. The highest BCUT2D eigenvalue weighted by Gasteiger charge is 2.68. The molecule has 154 valence electrons. The van der Waals surface area contributed by atoms with Crippen molar-refractivity contribution < 1.29 is 19.5 Å². The third kappa shape index (κ3) is 2.77. The van der Waals surface area contributed by atoms with Crippen LogP contribution in [-0.2, 0) is 14.4 Å². The van der Waals surface area contributed by atoms with E-state index in [0.29, 0.717) is 5.56 Å². The van der Waals surface area contributed by atoms with E-state index < -0.39 is 39.9 Å². The van der Waals surface area contributed by atoms with Gasteiger partial charge in [0.15, 0.2) is 0 Å². The van der Waals surface area contributed by atoms with Crippen LogP contribution in [0.5, 0.6) is 0 Å². The predicted octanol–water partition coefficient (Wildman–Crippen LogP) is 1.81. The molecular formula is C19H22N4O5S. The molecule has 3 saturated heterocycles. The molecule has 3 fully saturated rings. The maximum absolute atomic E-state index is 13.3. The lowest BCUT2D eigenvalue weighted by Gasteiger charge is -2.50. The van der Waals surface area contributed by atoms with Crippen LogP contribution in [0.2, 0.25) is 0 Å². The van der Waals surface area contributed by atoms with E-state index in [1.165, 1.54) is 21.6 Å². The van der Waals surface area contributed by atoms with Crippen molar-refractivity contribution in [2.45, 2.75) is 61.6 Å². The molecule has 4 atom stereocenters. The van der Waals surface area contributed by atoms with Gasteiger partial charge in [0, 0.05) is 4.75 Å². The molecule has 3 aliphatic rings. The summed E-state index contributed by atoms with van der Waals surface area (Å²) in [6.07, 6.45) is 0. The highest BCUT2D eigenvalue weighted by atomic mass is 32.2. The highest BCUT2D eigenvalue weighted by molar-refractivity contribution is 8.01. The predicted molar refractivity (Wildman–Crippen MR) is 106 cm³/mol. The van der Waals surface area contributed by atoms with Gasteiger partial charge in [0.2, 0.25) is 11.8 Å². The molecule has 0 saturated carbocycles. The minimum absolute atomic E-state index is 0.219. The molecule has 0 spiro atoms. The van der Waals surface area contributed by atoms with Gasteiger partial charge in [-0.3, -0.25) is 14.9 Å². The van der Waals surface area contributed by atoms with Crippen LogP contribution < -0.4 is 5.32 Å². The first kappa shape index (κ1) is 19.8. The summed E-state index contributed by atoms with van der Waals surface area (Å²) in [4.78, 5) is 51.8. The summed E-state index contributed by atoms with van der Waals surface area (Å²) in [6.45, 7) is 7.22. The third-order valence-electron chi connectivity index (χ3n) is 5.82. The molecule has 1 aromatic rings. The number of hydrogen-bond acceptors (Lipinski definition) is 7. The minimum Gasteiger partial charge on any atom is -0.480 e. The van der Waals surface area contributed by atoms with E-state index in [2.05, 4.69) is 10.5 Å². The molecule has 29 heavy (non-hydrogen) atoms. The first-order valence-corrected chi connectivity index (χ1v) is 10.1. The Morgan fingerprint density at radius 1 is 1.21 bits per heavy atom. The summed E-state index contributed by atoms with van der Waals surface area (Å²) >= 11 is 1.40. The second-order valence-electron chi connectivity index (χ2n) is 8.57. The van der Waals surface area contributed by atoms with Crippen molar-refractivity contribution in [2.24, 2.45) is 5.18 Å². The zero-order valence-electron chi connectivity index (χ0n) is 16.4. The molecule has 0 radical (unpaired) electrons. The Morgan fingerprint density at radius 3 is 2.52 bits per heavy atom. The van der Waals surface area contributed by atoms with Gasteiger partial charge in [-0.25, -0.2) is 4.79 Å². The molecule has 3 heterocycles. The first-order valence-electron chi connectivity index (χ1n) is 9.26. The smallest absolute Gasteiger partial charge is 0.327 e. The lowest BCUT2D eigenvalue weighted by Crippen LogP contribution is -2.73. The molecule has 9 nitrogen and oxygen atoms in total.